The first-order chi connectivity index (χ1) is 9.19. The predicted octanol–water partition coefficient (Wildman–Crippen LogP) is 2.57. The molecule has 2 heterocycles. The lowest BCUT2D eigenvalue weighted by Crippen LogP contribution is -2.45. The Kier molecular flexibility index (Phi) is 3.31. The van der Waals surface area contributed by atoms with Gasteiger partial charge in [0, 0.05) is 25.9 Å². The van der Waals surface area contributed by atoms with Crippen LogP contribution in [-0.4, -0.2) is 36.1 Å². The summed E-state index contributed by atoms with van der Waals surface area (Å²) in [6, 6.07) is 10.6. The SMILES string of the molecule is CC(=O)N1CCC2(CC1)CC(c1ccccc1)CO2. The van der Waals surface area contributed by atoms with Crippen molar-refractivity contribution in [2.24, 2.45) is 0 Å². The van der Waals surface area contributed by atoms with Crippen LogP contribution >= 0.6 is 0 Å². The van der Waals surface area contributed by atoms with Crippen LogP contribution in [-0.2, 0) is 9.53 Å². The molecule has 1 aromatic carbocycles. The fraction of sp³-hybridized carbons (Fsp3) is 0.562. The van der Waals surface area contributed by atoms with E-state index < -0.39 is 0 Å². The molecule has 19 heavy (non-hydrogen) atoms. The van der Waals surface area contributed by atoms with Gasteiger partial charge < -0.3 is 9.64 Å². The third-order valence-corrected chi connectivity index (χ3v) is 4.60. The van der Waals surface area contributed by atoms with Crippen molar-refractivity contribution in [1.29, 1.82) is 0 Å². The normalized spacial score (nSPS) is 25.7. The molecule has 2 fully saturated rings. The minimum absolute atomic E-state index is 0.0203. The van der Waals surface area contributed by atoms with Crippen molar-refractivity contribution < 1.29 is 9.53 Å². The number of hydrogen-bond donors (Lipinski definition) is 0. The van der Waals surface area contributed by atoms with Gasteiger partial charge in [-0.25, -0.2) is 0 Å². The van der Waals surface area contributed by atoms with Gasteiger partial charge in [-0.2, -0.15) is 0 Å². The van der Waals surface area contributed by atoms with Crippen LogP contribution in [0, 0.1) is 0 Å². The second-order valence-electron chi connectivity index (χ2n) is 5.81. The van der Waals surface area contributed by atoms with Crippen molar-refractivity contribution in [1.82, 2.24) is 4.90 Å². The fourth-order valence-corrected chi connectivity index (χ4v) is 3.36. The molecule has 2 saturated heterocycles. The van der Waals surface area contributed by atoms with Crippen molar-refractivity contribution in [2.75, 3.05) is 19.7 Å². The first-order valence-corrected chi connectivity index (χ1v) is 7.13. The van der Waals surface area contributed by atoms with Crippen LogP contribution in [0.2, 0.25) is 0 Å². The quantitative estimate of drug-likeness (QED) is 0.775. The third kappa shape index (κ3) is 2.52. The topological polar surface area (TPSA) is 29.5 Å². The Labute approximate surface area is 114 Å². The first kappa shape index (κ1) is 12.7. The summed E-state index contributed by atoms with van der Waals surface area (Å²) in [6.07, 6.45) is 3.06. The largest absolute Gasteiger partial charge is 0.374 e. The van der Waals surface area contributed by atoms with Crippen molar-refractivity contribution in [3.8, 4) is 0 Å². The molecule has 0 radical (unpaired) electrons. The highest BCUT2D eigenvalue weighted by Gasteiger charge is 2.43. The molecule has 1 aromatic rings. The molecule has 3 nitrogen and oxygen atoms in total. The minimum Gasteiger partial charge on any atom is -0.374 e. The van der Waals surface area contributed by atoms with E-state index in [0.717, 1.165) is 39.0 Å². The Morgan fingerprint density at radius 2 is 1.95 bits per heavy atom. The Bertz CT molecular complexity index is 449. The number of carbonyl (C=O) groups excluding carboxylic acids is 1. The summed E-state index contributed by atoms with van der Waals surface area (Å²) in [6.45, 7) is 4.16. The number of amides is 1. The molecular formula is C16H21NO2. The van der Waals surface area contributed by atoms with E-state index in [0.29, 0.717) is 5.92 Å². The molecule has 0 aromatic heterocycles. The number of ether oxygens (including phenoxy) is 1. The smallest absolute Gasteiger partial charge is 0.219 e. The van der Waals surface area contributed by atoms with Crippen LogP contribution in [0.3, 0.4) is 0 Å². The van der Waals surface area contributed by atoms with Gasteiger partial charge in [0.25, 0.3) is 0 Å². The zero-order chi connectivity index (χ0) is 13.3. The Hall–Kier alpha value is -1.35. The molecule has 0 bridgehead atoms. The van der Waals surface area contributed by atoms with Crippen molar-refractivity contribution in [3.63, 3.8) is 0 Å². The highest BCUT2D eigenvalue weighted by atomic mass is 16.5. The van der Waals surface area contributed by atoms with Crippen LogP contribution in [0.4, 0.5) is 0 Å². The van der Waals surface area contributed by atoms with Crippen LogP contribution in [0.1, 0.15) is 37.7 Å². The highest BCUT2D eigenvalue weighted by Crippen LogP contribution is 2.42. The van der Waals surface area contributed by atoms with E-state index in [-0.39, 0.29) is 11.5 Å². The van der Waals surface area contributed by atoms with Gasteiger partial charge in [-0.05, 0) is 24.8 Å². The maximum atomic E-state index is 11.4. The maximum Gasteiger partial charge on any atom is 0.219 e. The van der Waals surface area contributed by atoms with Crippen LogP contribution in [0.25, 0.3) is 0 Å². The second-order valence-corrected chi connectivity index (χ2v) is 5.81. The zero-order valence-corrected chi connectivity index (χ0v) is 11.5. The van der Waals surface area contributed by atoms with Crippen molar-refractivity contribution in [3.05, 3.63) is 35.9 Å². The molecule has 3 heteroatoms. The van der Waals surface area contributed by atoms with E-state index in [1.54, 1.807) is 6.92 Å². The van der Waals surface area contributed by atoms with E-state index in [4.69, 9.17) is 4.74 Å². The Morgan fingerprint density at radius 1 is 1.26 bits per heavy atom. The van der Waals surface area contributed by atoms with E-state index in [1.165, 1.54) is 5.56 Å². The molecular weight excluding hydrogens is 238 g/mol. The lowest BCUT2D eigenvalue weighted by Gasteiger charge is -2.38. The van der Waals surface area contributed by atoms with Gasteiger partial charge >= 0.3 is 0 Å². The van der Waals surface area contributed by atoms with Crippen LogP contribution in [0.15, 0.2) is 30.3 Å². The summed E-state index contributed by atoms with van der Waals surface area (Å²) in [5.41, 5.74) is 1.40. The molecule has 0 saturated carbocycles. The number of carbonyl (C=O) groups is 1. The zero-order valence-electron chi connectivity index (χ0n) is 11.5. The summed E-state index contributed by atoms with van der Waals surface area (Å²) in [5, 5.41) is 0. The molecule has 2 aliphatic rings. The van der Waals surface area contributed by atoms with Gasteiger partial charge in [0.05, 0.1) is 12.2 Å². The van der Waals surface area contributed by atoms with E-state index >= 15 is 0 Å². The summed E-state index contributed by atoms with van der Waals surface area (Å²) in [7, 11) is 0. The standard InChI is InChI=1S/C16H21NO2/c1-13(18)17-9-7-16(8-10-17)11-15(12-19-16)14-5-3-2-4-6-14/h2-6,15H,7-12H2,1H3. The molecule has 1 spiro atoms. The molecule has 0 aliphatic carbocycles. The second kappa shape index (κ2) is 4.97. The first-order valence-electron chi connectivity index (χ1n) is 7.13. The van der Waals surface area contributed by atoms with E-state index in [9.17, 15) is 4.79 Å². The summed E-state index contributed by atoms with van der Waals surface area (Å²) >= 11 is 0. The highest BCUT2D eigenvalue weighted by molar-refractivity contribution is 5.73. The van der Waals surface area contributed by atoms with Crippen LogP contribution in [0.5, 0.6) is 0 Å². The molecule has 1 atom stereocenters. The number of benzene rings is 1. The van der Waals surface area contributed by atoms with E-state index in [1.807, 2.05) is 4.90 Å². The molecule has 2 aliphatic heterocycles. The Balaban J connectivity index is 1.65. The number of nitrogens with zero attached hydrogens (tertiary/aromatic N) is 1. The van der Waals surface area contributed by atoms with Gasteiger partial charge in [-0.3, -0.25) is 4.79 Å². The van der Waals surface area contributed by atoms with E-state index in [2.05, 4.69) is 30.3 Å². The van der Waals surface area contributed by atoms with Gasteiger partial charge in [0.15, 0.2) is 0 Å². The summed E-state index contributed by atoms with van der Waals surface area (Å²) in [5.74, 6) is 0.706. The number of rotatable bonds is 1. The van der Waals surface area contributed by atoms with Gasteiger partial charge in [0.1, 0.15) is 0 Å². The fourth-order valence-electron chi connectivity index (χ4n) is 3.36. The summed E-state index contributed by atoms with van der Waals surface area (Å²) < 4.78 is 6.14. The molecule has 1 unspecified atom stereocenters. The lowest BCUT2D eigenvalue weighted by molar-refractivity contribution is -0.133. The third-order valence-electron chi connectivity index (χ3n) is 4.60. The monoisotopic (exact) mass is 259 g/mol. The van der Waals surface area contributed by atoms with Gasteiger partial charge in [0.2, 0.25) is 5.91 Å². The lowest BCUT2D eigenvalue weighted by atomic mass is 9.83. The average molecular weight is 259 g/mol. The van der Waals surface area contributed by atoms with Crippen molar-refractivity contribution in [2.45, 2.75) is 37.7 Å². The molecule has 1 amide bonds. The van der Waals surface area contributed by atoms with Gasteiger partial charge in [-0.1, -0.05) is 30.3 Å². The predicted molar refractivity (Wildman–Crippen MR) is 74.0 cm³/mol. The number of piperidine rings is 1. The van der Waals surface area contributed by atoms with Crippen molar-refractivity contribution >= 4 is 5.91 Å². The molecule has 0 N–H and O–H groups in total. The molecule has 102 valence electrons. The van der Waals surface area contributed by atoms with Crippen LogP contribution < -0.4 is 0 Å². The minimum atomic E-state index is 0.0203. The average Bonchev–Trinajstić information content (AvgIpc) is 2.84. The number of hydrogen-bond acceptors (Lipinski definition) is 2. The van der Waals surface area contributed by atoms with Gasteiger partial charge in [-0.15, -0.1) is 0 Å². The number of likely N-dealkylation sites (tertiary alicyclic amines) is 1. The maximum absolute atomic E-state index is 11.4. The summed E-state index contributed by atoms with van der Waals surface area (Å²) in [4.78, 5) is 13.3. The molecule has 3 rings (SSSR count). The Morgan fingerprint density at radius 3 is 2.58 bits per heavy atom.